The summed E-state index contributed by atoms with van der Waals surface area (Å²) in [5.74, 6) is 0.697. The van der Waals surface area contributed by atoms with Gasteiger partial charge in [-0.15, -0.1) is 0 Å². The third-order valence-electron chi connectivity index (χ3n) is 3.15. The van der Waals surface area contributed by atoms with Crippen molar-refractivity contribution < 1.29 is 4.79 Å². The van der Waals surface area contributed by atoms with Gasteiger partial charge in [-0.2, -0.15) is 0 Å². The molecule has 2 nitrogen and oxygen atoms in total. The molecule has 11 heavy (non-hydrogen) atoms. The molecule has 1 fully saturated rings. The van der Waals surface area contributed by atoms with Crippen LogP contribution in [0.25, 0.3) is 0 Å². The Morgan fingerprint density at radius 3 is 1.82 bits per heavy atom. The molecule has 0 bridgehead atoms. The van der Waals surface area contributed by atoms with E-state index in [1.807, 2.05) is 27.7 Å². The zero-order valence-corrected chi connectivity index (χ0v) is 7.77. The smallest absolute Gasteiger partial charge is 0.144 e. The molecule has 0 unspecified atom stereocenters. The number of hydrogen-bond donors (Lipinski definition) is 1. The van der Waals surface area contributed by atoms with Crippen LogP contribution in [0.3, 0.4) is 0 Å². The molecule has 0 spiro atoms. The van der Waals surface area contributed by atoms with E-state index in [2.05, 4.69) is 0 Å². The molecule has 0 aromatic heterocycles. The van der Waals surface area contributed by atoms with E-state index in [9.17, 15) is 4.79 Å². The second kappa shape index (κ2) is 2.07. The minimum absolute atomic E-state index is 0.182. The molecule has 0 amide bonds. The molecule has 0 aromatic carbocycles. The van der Waals surface area contributed by atoms with Crippen molar-refractivity contribution in [1.82, 2.24) is 0 Å². The maximum Gasteiger partial charge on any atom is 0.144 e. The number of Topliss-reactive ketones (excluding diaryl/α,β-unsaturated/α-hetero) is 1. The van der Waals surface area contributed by atoms with Crippen LogP contribution in [0.1, 0.15) is 27.7 Å². The highest BCUT2D eigenvalue weighted by molar-refractivity contribution is 5.96. The fourth-order valence-electron chi connectivity index (χ4n) is 2.56. The number of carbonyl (C=O) groups is 1. The molecule has 0 atom stereocenters. The molecule has 2 N–H and O–H groups in total. The van der Waals surface area contributed by atoms with E-state index >= 15 is 0 Å². The highest BCUT2D eigenvalue weighted by Gasteiger charge is 2.60. The van der Waals surface area contributed by atoms with Crippen LogP contribution in [-0.4, -0.2) is 12.3 Å². The first-order valence-electron chi connectivity index (χ1n) is 4.10. The Labute approximate surface area is 68.2 Å². The number of nitrogens with two attached hydrogens (primary N) is 1. The van der Waals surface area contributed by atoms with Gasteiger partial charge < -0.3 is 5.73 Å². The molecule has 0 radical (unpaired) electrons. The third-order valence-corrected chi connectivity index (χ3v) is 3.15. The van der Waals surface area contributed by atoms with Gasteiger partial charge in [0.25, 0.3) is 0 Å². The minimum atomic E-state index is -0.182. The lowest BCUT2D eigenvalue weighted by atomic mass is 9.47. The first-order chi connectivity index (χ1) is 4.85. The third kappa shape index (κ3) is 0.853. The molecule has 1 aliphatic carbocycles. The Balaban J connectivity index is 2.88. The molecule has 1 saturated carbocycles. The summed E-state index contributed by atoms with van der Waals surface area (Å²) in [6.45, 7) is 8.55. The van der Waals surface area contributed by atoms with Gasteiger partial charge in [0.1, 0.15) is 5.78 Å². The highest BCUT2D eigenvalue weighted by atomic mass is 16.1. The predicted molar refractivity (Wildman–Crippen MR) is 45.1 cm³/mol. The van der Waals surface area contributed by atoms with Gasteiger partial charge in [-0.05, 0) is 12.5 Å². The summed E-state index contributed by atoms with van der Waals surface area (Å²) in [6, 6.07) is 0. The monoisotopic (exact) mass is 155 g/mol. The van der Waals surface area contributed by atoms with Crippen molar-refractivity contribution in [2.45, 2.75) is 27.7 Å². The quantitative estimate of drug-likeness (QED) is 0.618. The molecule has 1 rings (SSSR count). The minimum Gasteiger partial charge on any atom is -0.330 e. The predicted octanol–water partition coefficient (Wildman–Crippen LogP) is 1.20. The molecule has 2 heteroatoms. The van der Waals surface area contributed by atoms with Crippen molar-refractivity contribution in [1.29, 1.82) is 0 Å². The molecule has 0 heterocycles. The van der Waals surface area contributed by atoms with Gasteiger partial charge in [0.15, 0.2) is 0 Å². The van der Waals surface area contributed by atoms with E-state index in [0.29, 0.717) is 18.2 Å². The zero-order chi connectivity index (χ0) is 8.86. The lowest BCUT2D eigenvalue weighted by Gasteiger charge is -2.55. The van der Waals surface area contributed by atoms with Crippen molar-refractivity contribution in [2.75, 3.05) is 6.54 Å². The SMILES string of the molecule is CC1(C)C(=O)C(C)(C)C1CN. The normalized spacial score (nSPS) is 28.3. The van der Waals surface area contributed by atoms with E-state index in [0.717, 1.165) is 0 Å². The summed E-state index contributed by atoms with van der Waals surface area (Å²) in [4.78, 5) is 11.5. The number of rotatable bonds is 1. The molecule has 0 saturated heterocycles. The average Bonchev–Trinajstić information content (AvgIpc) is 1.86. The molecule has 64 valence electrons. The van der Waals surface area contributed by atoms with Crippen molar-refractivity contribution in [2.24, 2.45) is 22.5 Å². The van der Waals surface area contributed by atoms with Crippen LogP contribution in [0.5, 0.6) is 0 Å². The lowest BCUT2D eigenvalue weighted by Crippen LogP contribution is -2.62. The number of ketones is 1. The van der Waals surface area contributed by atoms with Crippen LogP contribution in [0.15, 0.2) is 0 Å². The van der Waals surface area contributed by atoms with Crippen molar-refractivity contribution in [3.8, 4) is 0 Å². The molecule has 0 aromatic rings. The Kier molecular flexibility index (Phi) is 1.64. The van der Waals surface area contributed by atoms with Gasteiger partial charge in [0.05, 0.1) is 0 Å². The highest BCUT2D eigenvalue weighted by Crippen LogP contribution is 2.54. The fraction of sp³-hybridized carbons (Fsp3) is 0.889. The largest absolute Gasteiger partial charge is 0.330 e. The summed E-state index contributed by atoms with van der Waals surface area (Å²) in [5, 5.41) is 0. The number of carbonyl (C=O) groups excluding carboxylic acids is 1. The Morgan fingerprint density at radius 2 is 1.64 bits per heavy atom. The van der Waals surface area contributed by atoms with Crippen LogP contribution in [0.4, 0.5) is 0 Å². The summed E-state index contributed by atoms with van der Waals surface area (Å²) in [6.07, 6.45) is 0. The van der Waals surface area contributed by atoms with E-state index in [4.69, 9.17) is 5.73 Å². The van der Waals surface area contributed by atoms with E-state index in [1.54, 1.807) is 0 Å². The lowest BCUT2D eigenvalue weighted by molar-refractivity contribution is -0.164. The number of hydrogen-bond acceptors (Lipinski definition) is 2. The van der Waals surface area contributed by atoms with Gasteiger partial charge in [0.2, 0.25) is 0 Å². The first-order valence-corrected chi connectivity index (χ1v) is 4.10. The Hall–Kier alpha value is -0.370. The molecular weight excluding hydrogens is 138 g/mol. The average molecular weight is 155 g/mol. The summed E-state index contributed by atoms with van der Waals surface area (Å²) < 4.78 is 0. The van der Waals surface area contributed by atoms with E-state index in [-0.39, 0.29) is 10.8 Å². The van der Waals surface area contributed by atoms with Crippen LogP contribution >= 0.6 is 0 Å². The van der Waals surface area contributed by atoms with Crippen molar-refractivity contribution >= 4 is 5.78 Å². The second-order valence-corrected chi connectivity index (χ2v) is 4.56. The zero-order valence-electron chi connectivity index (χ0n) is 7.77. The van der Waals surface area contributed by atoms with Crippen LogP contribution < -0.4 is 5.73 Å². The Morgan fingerprint density at radius 1 is 1.27 bits per heavy atom. The van der Waals surface area contributed by atoms with Crippen LogP contribution in [0, 0.1) is 16.7 Å². The maximum absolute atomic E-state index is 11.5. The second-order valence-electron chi connectivity index (χ2n) is 4.56. The summed E-state index contributed by atoms with van der Waals surface area (Å²) in [7, 11) is 0. The van der Waals surface area contributed by atoms with Gasteiger partial charge in [0, 0.05) is 10.8 Å². The molecular formula is C9H17NO. The summed E-state index contributed by atoms with van der Waals surface area (Å²) in [5.41, 5.74) is 5.23. The van der Waals surface area contributed by atoms with Gasteiger partial charge in [-0.25, -0.2) is 0 Å². The maximum atomic E-state index is 11.5. The van der Waals surface area contributed by atoms with Gasteiger partial charge >= 0.3 is 0 Å². The topological polar surface area (TPSA) is 43.1 Å². The van der Waals surface area contributed by atoms with Crippen LogP contribution in [0.2, 0.25) is 0 Å². The molecule has 0 aliphatic heterocycles. The first kappa shape index (κ1) is 8.72. The fourth-order valence-corrected chi connectivity index (χ4v) is 2.56. The van der Waals surface area contributed by atoms with Gasteiger partial charge in [-0.1, -0.05) is 27.7 Å². The van der Waals surface area contributed by atoms with Crippen LogP contribution in [-0.2, 0) is 4.79 Å². The van der Waals surface area contributed by atoms with E-state index in [1.165, 1.54) is 0 Å². The molecule has 1 aliphatic rings. The standard InChI is InChI=1S/C9H17NO/c1-8(2)6(5-10)9(3,4)7(8)11/h6H,5,10H2,1-4H3. The van der Waals surface area contributed by atoms with Crippen molar-refractivity contribution in [3.05, 3.63) is 0 Å². The van der Waals surface area contributed by atoms with Crippen molar-refractivity contribution in [3.63, 3.8) is 0 Å². The Bertz CT molecular complexity index is 176. The van der Waals surface area contributed by atoms with E-state index < -0.39 is 0 Å². The summed E-state index contributed by atoms with van der Waals surface area (Å²) >= 11 is 0. The van der Waals surface area contributed by atoms with Gasteiger partial charge in [-0.3, -0.25) is 4.79 Å².